The Balaban J connectivity index is 1.78. The summed E-state index contributed by atoms with van der Waals surface area (Å²) in [5, 5.41) is 3.34. The Hall–Kier alpha value is -2.67. The highest BCUT2D eigenvalue weighted by Crippen LogP contribution is 2.23. The standard InChI is InChI=1S/C21H29N5O2/c1-4-12-25(5-2)20(27)16-6-8-17(9-7-16)21(28)26-14-10-22-15-18(26)19-23-11-13-24(19)3/h6-9,11,13,18,22H,4-5,10,12,14-15H2,1-3H3. The zero-order valence-corrected chi connectivity index (χ0v) is 16.9. The SMILES string of the molecule is CCCN(CC)C(=O)c1ccc(C(=O)N2CCNCC2c2nccn2C)cc1. The number of benzene rings is 1. The van der Waals surface area contributed by atoms with Crippen LogP contribution in [0.25, 0.3) is 0 Å². The molecule has 2 heterocycles. The first-order chi connectivity index (χ1) is 13.6. The van der Waals surface area contributed by atoms with Crippen LogP contribution in [0.1, 0.15) is 52.9 Å². The van der Waals surface area contributed by atoms with Crippen LogP contribution < -0.4 is 5.32 Å². The van der Waals surface area contributed by atoms with Crippen LogP contribution in [-0.4, -0.2) is 63.9 Å². The molecule has 0 saturated carbocycles. The first-order valence-electron chi connectivity index (χ1n) is 9.95. The Kier molecular flexibility index (Phi) is 6.46. The summed E-state index contributed by atoms with van der Waals surface area (Å²) in [6, 6.07) is 6.92. The normalized spacial score (nSPS) is 16.8. The number of imidazole rings is 1. The van der Waals surface area contributed by atoms with Crippen molar-refractivity contribution in [3.8, 4) is 0 Å². The molecule has 7 nitrogen and oxygen atoms in total. The largest absolute Gasteiger partial charge is 0.339 e. The maximum absolute atomic E-state index is 13.2. The third-order valence-electron chi connectivity index (χ3n) is 5.20. The van der Waals surface area contributed by atoms with Crippen molar-refractivity contribution in [2.24, 2.45) is 7.05 Å². The average molecular weight is 383 g/mol. The highest BCUT2D eigenvalue weighted by atomic mass is 16.2. The van der Waals surface area contributed by atoms with E-state index in [1.54, 1.807) is 30.5 Å². The van der Waals surface area contributed by atoms with E-state index in [-0.39, 0.29) is 17.9 Å². The van der Waals surface area contributed by atoms with Crippen molar-refractivity contribution in [3.63, 3.8) is 0 Å². The van der Waals surface area contributed by atoms with Gasteiger partial charge in [-0.25, -0.2) is 4.98 Å². The van der Waals surface area contributed by atoms with Gasteiger partial charge in [0.25, 0.3) is 11.8 Å². The molecule has 1 saturated heterocycles. The van der Waals surface area contributed by atoms with Gasteiger partial charge >= 0.3 is 0 Å². The molecule has 2 amide bonds. The maximum Gasteiger partial charge on any atom is 0.254 e. The molecule has 1 aliphatic heterocycles. The third-order valence-corrected chi connectivity index (χ3v) is 5.20. The number of carbonyl (C=O) groups is 2. The molecular weight excluding hydrogens is 354 g/mol. The summed E-state index contributed by atoms with van der Waals surface area (Å²) in [7, 11) is 1.94. The van der Waals surface area contributed by atoms with Gasteiger partial charge in [0.15, 0.2) is 0 Å². The number of aryl methyl sites for hydroxylation is 1. The topological polar surface area (TPSA) is 70.5 Å². The van der Waals surface area contributed by atoms with Crippen LogP contribution in [-0.2, 0) is 7.05 Å². The Morgan fingerprint density at radius 2 is 1.93 bits per heavy atom. The average Bonchev–Trinajstić information content (AvgIpc) is 3.16. The minimum Gasteiger partial charge on any atom is -0.339 e. The molecule has 1 N–H and O–H groups in total. The van der Waals surface area contributed by atoms with Crippen LogP contribution in [0, 0.1) is 0 Å². The van der Waals surface area contributed by atoms with Gasteiger partial charge in [-0.2, -0.15) is 0 Å². The van der Waals surface area contributed by atoms with Crippen LogP contribution >= 0.6 is 0 Å². The van der Waals surface area contributed by atoms with Crippen LogP contribution in [0.15, 0.2) is 36.7 Å². The van der Waals surface area contributed by atoms with E-state index in [1.807, 2.05) is 34.5 Å². The predicted molar refractivity (Wildman–Crippen MR) is 108 cm³/mol. The van der Waals surface area contributed by atoms with Crippen molar-refractivity contribution < 1.29 is 9.59 Å². The molecule has 0 bridgehead atoms. The molecule has 2 aromatic rings. The van der Waals surface area contributed by atoms with Crippen LogP contribution in [0.4, 0.5) is 0 Å². The van der Waals surface area contributed by atoms with Gasteiger partial charge in [-0.1, -0.05) is 6.92 Å². The summed E-state index contributed by atoms with van der Waals surface area (Å²) in [4.78, 5) is 33.9. The molecule has 1 aliphatic rings. The molecule has 28 heavy (non-hydrogen) atoms. The maximum atomic E-state index is 13.2. The molecule has 0 aliphatic carbocycles. The quantitative estimate of drug-likeness (QED) is 0.829. The predicted octanol–water partition coefficient (Wildman–Crippen LogP) is 2.08. The molecule has 1 aromatic carbocycles. The first-order valence-corrected chi connectivity index (χ1v) is 9.95. The van der Waals surface area contributed by atoms with Gasteiger partial charge in [-0.05, 0) is 37.6 Å². The van der Waals surface area contributed by atoms with Gasteiger partial charge in [0.2, 0.25) is 0 Å². The number of nitrogens with one attached hydrogen (secondary N) is 1. The smallest absolute Gasteiger partial charge is 0.254 e. The number of nitrogens with zero attached hydrogens (tertiary/aromatic N) is 4. The molecule has 0 spiro atoms. The van der Waals surface area contributed by atoms with Gasteiger partial charge in [-0.15, -0.1) is 0 Å². The fourth-order valence-electron chi connectivity index (χ4n) is 3.65. The molecule has 3 rings (SSSR count). The van der Waals surface area contributed by atoms with Crippen molar-refractivity contribution in [3.05, 3.63) is 53.6 Å². The summed E-state index contributed by atoms with van der Waals surface area (Å²) < 4.78 is 1.95. The second kappa shape index (κ2) is 9.01. The summed E-state index contributed by atoms with van der Waals surface area (Å²) in [6.45, 7) is 7.51. The lowest BCUT2D eigenvalue weighted by Gasteiger charge is -2.35. The lowest BCUT2D eigenvalue weighted by atomic mass is 10.1. The molecule has 7 heteroatoms. The molecule has 1 unspecified atom stereocenters. The summed E-state index contributed by atoms with van der Waals surface area (Å²) >= 11 is 0. The van der Waals surface area contributed by atoms with Gasteiger partial charge in [0.1, 0.15) is 11.9 Å². The zero-order valence-electron chi connectivity index (χ0n) is 16.9. The van der Waals surface area contributed by atoms with E-state index in [2.05, 4.69) is 17.2 Å². The van der Waals surface area contributed by atoms with Crippen LogP contribution in [0.3, 0.4) is 0 Å². The third kappa shape index (κ3) is 4.09. The Bertz CT molecular complexity index is 814. The van der Waals surface area contributed by atoms with Crippen molar-refractivity contribution in [1.82, 2.24) is 24.7 Å². The first kappa shape index (κ1) is 20.1. The van der Waals surface area contributed by atoms with Crippen LogP contribution in [0.5, 0.6) is 0 Å². The van der Waals surface area contributed by atoms with E-state index < -0.39 is 0 Å². The zero-order chi connectivity index (χ0) is 20.1. The fourth-order valence-corrected chi connectivity index (χ4v) is 3.65. The lowest BCUT2D eigenvalue weighted by molar-refractivity contribution is 0.0620. The summed E-state index contributed by atoms with van der Waals surface area (Å²) in [5.41, 5.74) is 1.21. The minimum atomic E-state index is -0.109. The van der Waals surface area contributed by atoms with Gasteiger partial charge < -0.3 is 19.7 Å². The van der Waals surface area contributed by atoms with E-state index in [0.717, 1.165) is 25.3 Å². The second-order valence-corrected chi connectivity index (χ2v) is 7.08. The molecular formula is C21H29N5O2. The van der Waals surface area contributed by atoms with E-state index in [0.29, 0.717) is 30.8 Å². The van der Waals surface area contributed by atoms with Gasteiger partial charge in [0, 0.05) is 63.3 Å². The van der Waals surface area contributed by atoms with Crippen LogP contribution in [0.2, 0.25) is 0 Å². The van der Waals surface area contributed by atoms with Crippen molar-refractivity contribution in [2.75, 3.05) is 32.7 Å². The monoisotopic (exact) mass is 383 g/mol. The second-order valence-electron chi connectivity index (χ2n) is 7.08. The van der Waals surface area contributed by atoms with E-state index >= 15 is 0 Å². The number of aromatic nitrogens is 2. The highest BCUT2D eigenvalue weighted by molar-refractivity contribution is 5.98. The Labute approximate surface area is 166 Å². The molecule has 1 atom stereocenters. The summed E-state index contributed by atoms with van der Waals surface area (Å²) in [6.07, 6.45) is 4.57. The number of amides is 2. The van der Waals surface area contributed by atoms with Gasteiger partial charge in [0.05, 0.1) is 0 Å². The molecule has 150 valence electrons. The summed E-state index contributed by atoms with van der Waals surface area (Å²) in [5.74, 6) is 0.844. The minimum absolute atomic E-state index is 0.0106. The molecule has 1 aromatic heterocycles. The van der Waals surface area contributed by atoms with Crippen molar-refractivity contribution in [2.45, 2.75) is 26.3 Å². The number of piperazine rings is 1. The van der Waals surface area contributed by atoms with E-state index in [4.69, 9.17) is 0 Å². The Morgan fingerprint density at radius 1 is 1.21 bits per heavy atom. The molecule has 0 radical (unpaired) electrons. The lowest BCUT2D eigenvalue weighted by Crippen LogP contribution is -2.49. The number of hydrogen-bond acceptors (Lipinski definition) is 4. The Morgan fingerprint density at radius 3 is 2.54 bits per heavy atom. The van der Waals surface area contributed by atoms with Crippen molar-refractivity contribution in [1.29, 1.82) is 0 Å². The highest BCUT2D eigenvalue weighted by Gasteiger charge is 2.31. The number of rotatable bonds is 6. The van der Waals surface area contributed by atoms with E-state index in [9.17, 15) is 9.59 Å². The number of carbonyl (C=O) groups excluding carboxylic acids is 2. The van der Waals surface area contributed by atoms with Crippen molar-refractivity contribution >= 4 is 11.8 Å². The van der Waals surface area contributed by atoms with E-state index in [1.165, 1.54) is 0 Å². The van der Waals surface area contributed by atoms with Gasteiger partial charge in [-0.3, -0.25) is 9.59 Å². The molecule has 1 fully saturated rings. The fraction of sp³-hybridized carbons (Fsp3) is 0.476. The number of hydrogen-bond donors (Lipinski definition) is 1.